The van der Waals surface area contributed by atoms with Crippen molar-refractivity contribution in [3.63, 3.8) is 0 Å². The zero-order valence-electron chi connectivity index (χ0n) is 19.3. The number of rotatable bonds is 7. The minimum Gasteiger partial charge on any atom is -0.481 e. The first kappa shape index (κ1) is 24.0. The van der Waals surface area contributed by atoms with Gasteiger partial charge in [0.2, 0.25) is 0 Å². The molecule has 7 heteroatoms. The van der Waals surface area contributed by atoms with Crippen molar-refractivity contribution >= 4 is 23.5 Å². The first-order valence-electron chi connectivity index (χ1n) is 11.6. The maximum atomic E-state index is 12.8. The number of halogens is 1. The molecule has 1 aliphatic rings. The fourth-order valence-electron chi connectivity index (χ4n) is 4.68. The molecule has 1 saturated carbocycles. The molecule has 1 atom stereocenters. The molecular weight excluding hydrogens is 454 g/mol. The van der Waals surface area contributed by atoms with Crippen LogP contribution < -0.4 is 0 Å². The van der Waals surface area contributed by atoms with Gasteiger partial charge in [0.05, 0.1) is 18.0 Å². The maximum absolute atomic E-state index is 12.8. The molecular formula is C27H28ClNO5. The Kier molecular flexibility index (Phi) is 7.37. The lowest BCUT2D eigenvalue weighted by molar-refractivity contribution is -0.147. The summed E-state index contributed by atoms with van der Waals surface area (Å²) in [5.41, 5.74) is 4.09. The van der Waals surface area contributed by atoms with E-state index in [1.807, 2.05) is 37.3 Å². The molecule has 0 aliphatic heterocycles. The highest BCUT2D eigenvalue weighted by atomic mass is 35.5. The maximum Gasteiger partial charge on any atom is 0.311 e. The van der Waals surface area contributed by atoms with Gasteiger partial charge in [0, 0.05) is 21.7 Å². The molecule has 1 fully saturated rings. The van der Waals surface area contributed by atoms with Gasteiger partial charge in [-0.1, -0.05) is 53.2 Å². The summed E-state index contributed by atoms with van der Waals surface area (Å²) in [6.45, 7) is 3.60. The van der Waals surface area contributed by atoms with Crippen molar-refractivity contribution in [2.75, 3.05) is 0 Å². The Bertz CT molecular complexity index is 1180. The third-order valence-corrected chi connectivity index (χ3v) is 7.00. The SMILES string of the molecule is Cc1noc(-c2cccc(C3CCC(C(=O)O)CC3)c2)c1CC(=O)OC(C)c1ccccc1Cl. The zero-order chi connectivity index (χ0) is 24.2. The predicted octanol–water partition coefficient (Wildman–Crippen LogP) is 6.51. The molecule has 2 aromatic carbocycles. The van der Waals surface area contributed by atoms with Crippen molar-refractivity contribution in [1.29, 1.82) is 0 Å². The average Bonchev–Trinajstić information content (AvgIpc) is 3.19. The molecule has 0 bridgehead atoms. The van der Waals surface area contributed by atoms with Gasteiger partial charge in [-0.2, -0.15) is 0 Å². The van der Waals surface area contributed by atoms with Gasteiger partial charge >= 0.3 is 11.9 Å². The molecule has 6 nitrogen and oxygen atoms in total. The van der Waals surface area contributed by atoms with E-state index in [-0.39, 0.29) is 18.3 Å². The molecule has 178 valence electrons. The van der Waals surface area contributed by atoms with E-state index >= 15 is 0 Å². The third kappa shape index (κ3) is 5.33. The van der Waals surface area contributed by atoms with Gasteiger partial charge in [0.1, 0.15) is 6.10 Å². The fraction of sp³-hybridized carbons (Fsp3) is 0.370. The van der Waals surface area contributed by atoms with E-state index in [4.69, 9.17) is 20.9 Å². The number of ether oxygens (including phenoxy) is 1. The lowest BCUT2D eigenvalue weighted by atomic mass is 9.78. The summed E-state index contributed by atoms with van der Waals surface area (Å²) in [6, 6.07) is 15.3. The highest BCUT2D eigenvalue weighted by Gasteiger charge is 2.27. The Labute approximate surface area is 203 Å². The Morgan fingerprint density at radius 3 is 2.59 bits per heavy atom. The van der Waals surface area contributed by atoms with Gasteiger partial charge in [-0.05, 0) is 63.1 Å². The van der Waals surface area contributed by atoms with Crippen LogP contribution in [-0.4, -0.2) is 22.2 Å². The average molecular weight is 482 g/mol. The second-order valence-electron chi connectivity index (χ2n) is 8.92. The molecule has 0 spiro atoms. The number of benzene rings is 2. The molecule has 4 rings (SSSR count). The van der Waals surface area contributed by atoms with Gasteiger partial charge in [-0.15, -0.1) is 0 Å². The molecule has 1 aromatic heterocycles. The van der Waals surface area contributed by atoms with Gasteiger partial charge in [-0.3, -0.25) is 9.59 Å². The number of esters is 1. The standard InChI is InChI=1S/C27H28ClNO5/c1-16-23(15-25(30)33-17(2)22-8-3-4-9-24(22)28)26(34-29-16)21-7-5-6-20(14-21)18-10-12-19(13-11-18)27(31)32/h3-9,14,17-19H,10-13,15H2,1-2H3,(H,31,32). The van der Waals surface area contributed by atoms with E-state index in [1.165, 1.54) is 0 Å². The van der Waals surface area contributed by atoms with Crippen LogP contribution in [0.5, 0.6) is 0 Å². The number of carboxylic acid groups (broad SMARTS) is 1. The number of aryl methyl sites for hydroxylation is 1. The fourth-order valence-corrected chi connectivity index (χ4v) is 4.97. The van der Waals surface area contributed by atoms with E-state index < -0.39 is 12.1 Å². The second kappa shape index (κ2) is 10.4. The quantitative estimate of drug-likeness (QED) is 0.387. The summed E-state index contributed by atoms with van der Waals surface area (Å²) in [7, 11) is 0. The number of aliphatic carboxylic acids is 1. The van der Waals surface area contributed by atoms with Crippen molar-refractivity contribution in [2.45, 2.75) is 58.0 Å². The Morgan fingerprint density at radius 1 is 1.15 bits per heavy atom. The zero-order valence-corrected chi connectivity index (χ0v) is 20.0. The van der Waals surface area contributed by atoms with E-state index in [2.05, 4.69) is 17.3 Å². The van der Waals surface area contributed by atoms with Crippen molar-refractivity contribution in [3.8, 4) is 11.3 Å². The molecule has 0 saturated heterocycles. The minimum absolute atomic E-state index is 0.0351. The van der Waals surface area contributed by atoms with E-state index in [0.717, 1.165) is 29.5 Å². The lowest BCUT2D eigenvalue weighted by Gasteiger charge is -2.26. The van der Waals surface area contributed by atoms with Crippen molar-refractivity contribution in [2.24, 2.45) is 5.92 Å². The van der Waals surface area contributed by atoms with Crippen LogP contribution in [0.2, 0.25) is 5.02 Å². The normalized spacial score (nSPS) is 18.9. The summed E-state index contributed by atoms with van der Waals surface area (Å²) in [5, 5.41) is 13.9. The first-order valence-corrected chi connectivity index (χ1v) is 11.9. The molecule has 1 aliphatic carbocycles. The number of carboxylic acids is 1. The third-order valence-electron chi connectivity index (χ3n) is 6.65. The van der Waals surface area contributed by atoms with Crippen molar-refractivity contribution in [1.82, 2.24) is 5.16 Å². The molecule has 1 N–H and O–H groups in total. The summed E-state index contributed by atoms with van der Waals surface area (Å²) in [5.74, 6) is -0.472. The summed E-state index contributed by atoms with van der Waals surface area (Å²) < 4.78 is 11.3. The number of nitrogens with zero attached hydrogens (tertiary/aromatic N) is 1. The largest absolute Gasteiger partial charge is 0.481 e. The highest BCUT2D eigenvalue weighted by Crippen LogP contribution is 2.38. The Hall–Kier alpha value is -3.12. The number of hydrogen-bond donors (Lipinski definition) is 1. The Morgan fingerprint density at radius 2 is 1.88 bits per heavy atom. The lowest BCUT2D eigenvalue weighted by Crippen LogP contribution is -2.20. The van der Waals surface area contributed by atoms with Gasteiger partial charge in [0.25, 0.3) is 0 Å². The smallest absolute Gasteiger partial charge is 0.311 e. The summed E-state index contributed by atoms with van der Waals surface area (Å²) >= 11 is 6.23. The first-order chi connectivity index (χ1) is 16.3. The van der Waals surface area contributed by atoms with E-state index in [9.17, 15) is 14.7 Å². The van der Waals surface area contributed by atoms with Crippen molar-refractivity contribution in [3.05, 3.63) is 75.9 Å². The number of carbonyl (C=O) groups is 2. The van der Waals surface area contributed by atoms with E-state index in [1.54, 1.807) is 13.0 Å². The Balaban J connectivity index is 1.49. The van der Waals surface area contributed by atoms with Gasteiger partial charge in [0.15, 0.2) is 5.76 Å². The molecule has 3 aromatic rings. The number of aromatic nitrogens is 1. The summed E-state index contributed by atoms with van der Waals surface area (Å²) in [6.07, 6.45) is 2.62. The van der Waals surface area contributed by atoms with Gasteiger partial charge < -0.3 is 14.4 Å². The van der Waals surface area contributed by atoms with Crippen LogP contribution in [0.4, 0.5) is 0 Å². The second-order valence-corrected chi connectivity index (χ2v) is 9.33. The minimum atomic E-state index is -0.704. The number of carbonyl (C=O) groups excluding carboxylic acids is 1. The van der Waals surface area contributed by atoms with Crippen molar-refractivity contribution < 1.29 is 24.0 Å². The van der Waals surface area contributed by atoms with E-state index in [0.29, 0.717) is 40.8 Å². The van der Waals surface area contributed by atoms with Crippen LogP contribution in [0.1, 0.15) is 67.0 Å². The van der Waals surface area contributed by atoms with Gasteiger partial charge in [-0.25, -0.2) is 0 Å². The molecule has 1 heterocycles. The molecule has 1 unspecified atom stereocenters. The monoisotopic (exact) mass is 481 g/mol. The van der Waals surface area contributed by atoms with Crippen LogP contribution in [0.15, 0.2) is 53.1 Å². The predicted molar refractivity (Wildman–Crippen MR) is 129 cm³/mol. The topological polar surface area (TPSA) is 89.6 Å². The highest BCUT2D eigenvalue weighted by molar-refractivity contribution is 6.31. The van der Waals surface area contributed by atoms with Crippen LogP contribution >= 0.6 is 11.6 Å². The number of hydrogen-bond acceptors (Lipinski definition) is 5. The summed E-state index contributed by atoms with van der Waals surface area (Å²) in [4.78, 5) is 24.0. The van der Waals surface area contributed by atoms with Crippen LogP contribution in [0.3, 0.4) is 0 Å². The van der Waals surface area contributed by atoms with Crippen LogP contribution in [-0.2, 0) is 20.7 Å². The molecule has 0 amide bonds. The molecule has 0 radical (unpaired) electrons. The van der Waals surface area contributed by atoms with Crippen LogP contribution in [0, 0.1) is 12.8 Å². The van der Waals surface area contributed by atoms with Crippen LogP contribution in [0.25, 0.3) is 11.3 Å². The molecule has 34 heavy (non-hydrogen) atoms.